The molecule has 0 aliphatic rings. The Morgan fingerprint density at radius 1 is 1.32 bits per heavy atom. The van der Waals surface area contributed by atoms with Crippen LogP contribution in [0.2, 0.25) is 0 Å². The SMILES string of the molecule is CCc1c(C(N)CC)nnn1-c1cccc(F)c1F. The fraction of sp³-hybridized carbons (Fsp3) is 0.385. The van der Waals surface area contributed by atoms with Crippen molar-refractivity contribution in [3.05, 3.63) is 41.2 Å². The lowest BCUT2D eigenvalue weighted by Gasteiger charge is -2.10. The fourth-order valence-corrected chi connectivity index (χ4v) is 1.98. The standard InChI is InChI=1S/C13H16F2N4/c1-3-9(16)13-10(4-2)19(18-17-13)11-7-5-6-8(14)12(11)15/h5-7,9H,3-4,16H2,1-2H3. The predicted octanol–water partition coefficient (Wildman–Crippen LogP) is 2.52. The zero-order valence-electron chi connectivity index (χ0n) is 10.9. The maximum atomic E-state index is 13.8. The summed E-state index contributed by atoms with van der Waals surface area (Å²) in [7, 11) is 0. The molecule has 19 heavy (non-hydrogen) atoms. The molecule has 0 amide bonds. The van der Waals surface area contributed by atoms with Gasteiger partial charge in [0.15, 0.2) is 11.6 Å². The average Bonchev–Trinajstić information content (AvgIpc) is 2.84. The van der Waals surface area contributed by atoms with E-state index in [1.165, 1.54) is 16.8 Å². The lowest BCUT2D eigenvalue weighted by atomic mass is 10.1. The molecule has 0 fully saturated rings. The molecule has 1 unspecified atom stereocenters. The lowest BCUT2D eigenvalue weighted by Crippen LogP contribution is -2.13. The van der Waals surface area contributed by atoms with Crippen LogP contribution in [-0.4, -0.2) is 15.0 Å². The third-order valence-corrected chi connectivity index (χ3v) is 3.08. The Bertz CT molecular complexity index is 580. The molecule has 0 radical (unpaired) electrons. The van der Waals surface area contributed by atoms with E-state index in [4.69, 9.17) is 5.73 Å². The van der Waals surface area contributed by atoms with Crippen LogP contribution in [0.3, 0.4) is 0 Å². The Balaban J connectivity index is 2.57. The monoisotopic (exact) mass is 266 g/mol. The summed E-state index contributed by atoms with van der Waals surface area (Å²) in [5.41, 5.74) is 7.34. The molecule has 0 bridgehead atoms. The Kier molecular flexibility index (Phi) is 3.90. The quantitative estimate of drug-likeness (QED) is 0.925. The van der Waals surface area contributed by atoms with E-state index in [-0.39, 0.29) is 11.7 Å². The number of hydrogen-bond donors (Lipinski definition) is 1. The van der Waals surface area contributed by atoms with Gasteiger partial charge in [-0.25, -0.2) is 13.5 Å². The van der Waals surface area contributed by atoms with Gasteiger partial charge in [0.2, 0.25) is 0 Å². The molecule has 4 nitrogen and oxygen atoms in total. The first-order valence-electron chi connectivity index (χ1n) is 6.24. The van der Waals surface area contributed by atoms with Gasteiger partial charge in [0.05, 0.1) is 11.7 Å². The van der Waals surface area contributed by atoms with Crippen LogP contribution >= 0.6 is 0 Å². The van der Waals surface area contributed by atoms with Crippen LogP contribution < -0.4 is 5.73 Å². The van der Waals surface area contributed by atoms with Crippen LogP contribution in [-0.2, 0) is 6.42 Å². The van der Waals surface area contributed by atoms with Gasteiger partial charge in [0.25, 0.3) is 0 Å². The number of hydrogen-bond acceptors (Lipinski definition) is 3. The highest BCUT2D eigenvalue weighted by molar-refractivity contribution is 5.36. The van der Waals surface area contributed by atoms with Gasteiger partial charge >= 0.3 is 0 Å². The zero-order chi connectivity index (χ0) is 14.0. The van der Waals surface area contributed by atoms with Crippen molar-refractivity contribution in [3.63, 3.8) is 0 Å². The summed E-state index contributed by atoms with van der Waals surface area (Å²) in [4.78, 5) is 0. The Morgan fingerprint density at radius 3 is 2.68 bits per heavy atom. The van der Waals surface area contributed by atoms with Crippen LogP contribution in [0.5, 0.6) is 0 Å². The van der Waals surface area contributed by atoms with Crippen LogP contribution in [0.25, 0.3) is 5.69 Å². The van der Waals surface area contributed by atoms with Gasteiger partial charge in [-0.2, -0.15) is 0 Å². The third kappa shape index (κ3) is 2.35. The van der Waals surface area contributed by atoms with Crippen LogP contribution in [0.4, 0.5) is 8.78 Å². The van der Waals surface area contributed by atoms with Crippen molar-refractivity contribution in [1.82, 2.24) is 15.0 Å². The summed E-state index contributed by atoms with van der Waals surface area (Å²) in [5, 5.41) is 7.91. The second-order valence-corrected chi connectivity index (χ2v) is 4.27. The first kappa shape index (κ1) is 13.6. The van der Waals surface area contributed by atoms with E-state index in [1.54, 1.807) is 0 Å². The zero-order valence-corrected chi connectivity index (χ0v) is 10.9. The molecule has 0 aliphatic heterocycles. The van der Waals surface area contributed by atoms with Crippen LogP contribution in [0, 0.1) is 11.6 Å². The van der Waals surface area contributed by atoms with Crippen molar-refractivity contribution in [3.8, 4) is 5.69 Å². The molecule has 0 aliphatic carbocycles. The van der Waals surface area contributed by atoms with E-state index in [2.05, 4.69) is 10.3 Å². The van der Waals surface area contributed by atoms with Crippen molar-refractivity contribution in [1.29, 1.82) is 0 Å². The number of benzene rings is 1. The van der Waals surface area contributed by atoms with E-state index < -0.39 is 11.6 Å². The summed E-state index contributed by atoms with van der Waals surface area (Å²) in [5.74, 6) is -1.84. The summed E-state index contributed by atoms with van der Waals surface area (Å²) in [6.45, 7) is 3.84. The topological polar surface area (TPSA) is 56.7 Å². The molecular formula is C13H16F2N4. The van der Waals surface area contributed by atoms with Crippen molar-refractivity contribution < 1.29 is 8.78 Å². The molecule has 1 atom stereocenters. The van der Waals surface area contributed by atoms with E-state index in [0.29, 0.717) is 24.2 Å². The number of rotatable bonds is 4. The molecule has 6 heteroatoms. The Hall–Kier alpha value is -1.82. The predicted molar refractivity (Wildman–Crippen MR) is 67.9 cm³/mol. The minimum absolute atomic E-state index is 0.0545. The smallest absolute Gasteiger partial charge is 0.184 e. The molecule has 2 aromatic rings. The Morgan fingerprint density at radius 2 is 2.05 bits per heavy atom. The maximum Gasteiger partial charge on any atom is 0.184 e. The minimum atomic E-state index is -0.932. The Labute approximate surface area is 110 Å². The molecule has 2 rings (SSSR count). The van der Waals surface area contributed by atoms with Crippen LogP contribution in [0.15, 0.2) is 18.2 Å². The number of aromatic nitrogens is 3. The third-order valence-electron chi connectivity index (χ3n) is 3.08. The molecule has 1 aromatic carbocycles. The van der Waals surface area contributed by atoms with Gasteiger partial charge in [0, 0.05) is 0 Å². The molecule has 0 saturated carbocycles. The van der Waals surface area contributed by atoms with Gasteiger partial charge in [-0.15, -0.1) is 5.10 Å². The number of nitrogens with zero attached hydrogens (tertiary/aromatic N) is 3. The maximum absolute atomic E-state index is 13.8. The second kappa shape index (κ2) is 5.44. The summed E-state index contributed by atoms with van der Waals surface area (Å²) >= 11 is 0. The normalized spacial score (nSPS) is 12.7. The average molecular weight is 266 g/mol. The molecule has 1 heterocycles. The van der Waals surface area contributed by atoms with Gasteiger partial charge in [-0.1, -0.05) is 25.1 Å². The molecule has 1 aromatic heterocycles. The largest absolute Gasteiger partial charge is 0.323 e. The van der Waals surface area contributed by atoms with E-state index in [0.717, 1.165) is 6.07 Å². The number of nitrogens with two attached hydrogens (primary N) is 1. The number of halogens is 2. The molecule has 102 valence electrons. The second-order valence-electron chi connectivity index (χ2n) is 4.27. The molecule has 0 saturated heterocycles. The highest BCUT2D eigenvalue weighted by Gasteiger charge is 2.20. The van der Waals surface area contributed by atoms with E-state index in [9.17, 15) is 8.78 Å². The lowest BCUT2D eigenvalue weighted by molar-refractivity contribution is 0.499. The highest BCUT2D eigenvalue weighted by Crippen LogP contribution is 2.22. The van der Waals surface area contributed by atoms with Crippen molar-refractivity contribution >= 4 is 0 Å². The van der Waals surface area contributed by atoms with Gasteiger partial charge in [-0.05, 0) is 25.0 Å². The first-order valence-corrected chi connectivity index (χ1v) is 6.24. The molecule has 0 spiro atoms. The van der Waals surface area contributed by atoms with E-state index >= 15 is 0 Å². The van der Waals surface area contributed by atoms with E-state index in [1.807, 2.05) is 13.8 Å². The van der Waals surface area contributed by atoms with Gasteiger partial charge in [-0.3, -0.25) is 0 Å². The summed E-state index contributed by atoms with van der Waals surface area (Å²) in [6.07, 6.45) is 1.29. The van der Waals surface area contributed by atoms with Gasteiger partial charge in [0.1, 0.15) is 11.4 Å². The summed E-state index contributed by atoms with van der Waals surface area (Å²) in [6, 6.07) is 3.72. The van der Waals surface area contributed by atoms with Crippen molar-refractivity contribution in [2.24, 2.45) is 5.73 Å². The minimum Gasteiger partial charge on any atom is -0.323 e. The summed E-state index contributed by atoms with van der Waals surface area (Å²) < 4.78 is 28.4. The molecule has 2 N–H and O–H groups in total. The fourth-order valence-electron chi connectivity index (χ4n) is 1.98. The van der Waals surface area contributed by atoms with Crippen molar-refractivity contribution in [2.45, 2.75) is 32.7 Å². The van der Waals surface area contributed by atoms with Crippen LogP contribution in [0.1, 0.15) is 37.7 Å². The molecular weight excluding hydrogens is 250 g/mol. The first-order chi connectivity index (χ1) is 9.10. The van der Waals surface area contributed by atoms with Crippen molar-refractivity contribution in [2.75, 3.05) is 0 Å². The highest BCUT2D eigenvalue weighted by atomic mass is 19.2. The van der Waals surface area contributed by atoms with Gasteiger partial charge < -0.3 is 5.73 Å².